The lowest BCUT2D eigenvalue weighted by Crippen LogP contribution is -2.47. The topological polar surface area (TPSA) is 12.0 Å². The van der Waals surface area contributed by atoms with Crippen molar-refractivity contribution in [1.29, 1.82) is 0 Å². The van der Waals surface area contributed by atoms with Crippen molar-refractivity contribution in [3.8, 4) is 0 Å². The molecule has 19 heavy (non-hydrogen) atoms. The summed E-state index contributed by atoms with van der Waals surface area (Å²) in [6.07, 6.45) is 4.65. The van der Waals surface area contributed by atoms with Gasteiger partial charge in [0.05, 0.1) is 0 Å². The van der Waals surface area contributed by atoms with E-state index in [-0.39, 0.29) is 11.4 Å². The first kappa shape index (κ1) is 14.5. The predicted molar refractivity (Wildman–Crippen MR) is 78.9 cm³/mol. The summed E-state index contributed by atoms with van der Waals surface area (Å²) < 4.78 is 14.6. The number of aryl methyl sites for hydroxylation is 2. The van der Waals surface area contributed by atoms with Crippen LogP contribution in [0.4, 0.5) is 4.39 Å². The standard InChI is InChI=1S/C17H26FN/c1-12(2)17(8-6-5-7-9-19-17)16-14(4)10-13(3)11-15(16)18/h10-12,19H,5-9H2,1-4H3. The van der Waals surface area contributed by atoms with E-state index in [9.17, 15) is 4.39 Å². The molecule has 1 aliphatic rings. The average molecular weight is 263 g/mol. The Bertz CT molecular complexity index is 420. The van der Waals surface area contributed by atoms with Crippen molar-refractivity contribution in [2.75, 3.05) is 6.54 Å². The Balaban J connectivity index is 2.55. The van der Waals surface area contributed by atoms with Gasteiger partial charge >= 0.3 is 0 Å². The van der Waals surface area contributed by atoms with Gasteiger partial charge in [-0.15, -0.1) is 0 Å². The van der Waals surface area contributed by atoms with Gasteiger partial charge in [0, 0.05) is 11.1 Å². The zero-order valence-electron chi connectivity index (χ0n) is 12.6. The van der Waals surface area contributed by atoms with Crippen LogP contribution >= 0.6 is 0 Å². The summed E-state index contributed by atoms with van der Waals surface area (Å²) in [5, 5.41) is 3.67. The Morgan fingerprint density at radius 3 is 2.53 bits per heavy atom. The molecule has 1 aliphatic heterocycles. The minimum atomic E-state index is -0.196. The molecule has 1 aromatic carbocycles. The van der Waals surface area contributed by atoms with Gasteiger partial charge in [0.2, 0.25) is 0 Å². The molecule has 1 saturated heterocycles. The molecule has 0 radical (unpaired) electrons. The van der Waals surface area contributed by atoms with Gasteiger partial charge in [-0.05, 0) is 56.3 Å². The molecule has 1 nitrogen and oxygen atoms in total. The monoisotopic (exact) mass is 263 g/mol. The highest BCUT2D eigenvalue weighted by Crippen LogP contribution is 2.39. The molecule has 1 atom stereocenters. The minimum absolute atomic E-state index is 0.0411. The van der Waals surface area contributed by atoms with E-state index in [0.29, 0.717) is 5.92 Å². The number of rotatable bonds is 2. The molecule has 0 bridgehead atoms. The van der Waals surface area contributed by atoms with Gasteiger partial charge in [0.1, 0.15) is 5.82 Å². The molecule has 0 amide bonds. The van der Waals surface area contributed by atoms with E-state index >= 15 is 0 Å². The van der Waals surface area contributed by atoms with Crippen LogP contribution in [0.25, 0.3) is 0 Å². The SMILES string of the molecule is Cc1cc(C)c(C2(C(C)C)CCCCCN2)c(F)c1. The first-order valence-electron chi connectivity index (χ1n) is 7.49. The van der Waals surface area contributed by atoms with Gasteiger partial charge in [-0.3, -0.25) is 0 Å². The molecule has 2 rings (SSSR count). The molecule has 0 aliphatic carbocycles. The Kier molecular flexibility index (Phi) is 4.29. The lowest BCUT2D eigenvalue weighted by molar-refractivity contribution is 0.222. The van der Waals surface area contributed by atoms with Crippen molar-refractivity contribution < 1.29 is 4.39 Å². The fourth-order valence-corrected chi connectivity index (χ4v) is 3.58. The lowest BCUT2D eigenvalue weighted by Gasteiger charge is -2.40. The summed E-state index contributed by atoms with van der Waals surface area (Å²) in [6.45, 7) is 9.41. The van der Waals surface area contributed by atoms with Gasteiger partial charge in [-0.2, -0.15) is 0 Å². The number of hydrogen-bond donors (Lipinski definition) is 1. The fourth-order valence-electron chi connectivity index (χ4n) is 3.58. The van der Waals surface area contributed by atoms with Crippen LogP contribution in [0.15, 0.2) is 12.1 Å². The maximum atomic E-state index is 14.6. The van der Waals surface area contributed by atoms with Gasteiger partial charge in [-0.25, -0.2) is 4.39 Å². The highest BCUT2D eigenvalue weighted by atomic mass is 19.1. The van der Waals surface area contributed by atoms with E-state index in [1.54, 1.807) is 6.07 Å². The Hall–Kier alpha value is -0.890. The summed E-state index contributed by atoms with van der Waals surface area (Å²) in [7, 11) is 0. The zero-order valence-corrected chi connectivity index (χ0v) is 12.6. The Morgan fingerprint density at radius 2 is 1.89 bits per heavy atom. The zero-order chi connectivity index (χ0) is 14.0. The molecule has 1 aromatic rings. The highest BCUT2D eigenvalue weighted by Gasteiger charge is 2.38. The molecule has 0 aromatic heterocycles. The summed E-state index contributed by atoms with van der Waals surface area (Å²) in [4.78, 5) is 0. The smallest absolute Gasteiger partial charge is 0.128 e. The first-order chi connectivity index (χ1) is 8.97. The molecule has 1 unspecified atom stereocenters. The lowest BCUT2D eigenvalue weighted by atomic mass is 9.74. The van der Waals surface area contributed by atoms with Crippen molar-refractivity contribution in [3.05, 3.63) is 34.6 Å². The van der Waals surface area contributed by atoms with Crippen molar-refractivity contribution >= 4 is 0 Å². The largest absolute Gasteiger partial charge is 0.307 e. The van der Waals surface area contributed by atoms with E-state index in [4.69, 9.17) is 0 Å². The number of nitrogens with one attached hydrogen (secondary N) is 1. The Morgan fingerprint density at radius 1 is 1.16 bits per heavy atom. The maximum Gasteiger partial charge on any atom is 0.128 e. The quantitative estimate of drug-likeness (QED) is 0.831. The van der Waals surface area contributed by atoms with Crippen LogP contribution in [-0.2, 0) is 5.54 Å². The molecule has 1 N–H and O–H groups in total. The van der Waals surface area contributed by atoms with Crippen molar-refractivity contribution in [2.45, 2.75) is 58.9 Å². The van der Waals surface area contributed by atoms with Crippen LogP contribution in [-0.4, -0.2) is 6.54 Å². The highest BCUT2D eigenvalue weighted by molar-refractivity contribution is 5.38. The molecule has 0 saturated carbocycles. The molecular weight excluding hydrogens is 237 g/mol. The van der Waals surface area contributed by atoms with Crippen LogP contribution in [0, 0.1) is 25.6 Å². The van der Waals surface area contributed by atoms with E-state index in [2.05, 4.69) is 25.2 Å². The molecule has 1 fully saturated rings. The second kappa shape index (κ2) is 5.62. The van der Waals surface area contributed by atoms with Crippen LogP contribution in [0.1, 0.15) is 56.2 Å². The summed E-state index contributed by atoms with van der Waals surface area (Å²) in [5.41, 5.74) is 2.79. The second-order valence-corrected chi connectivity index (χ2v) is 6.30. The third-order valence-corrected chi connectivity index (χ3v) is 4.55. The van der Waals surface area contributed by atoms with Crippen LogP contribution < -0.4 is 5.32 Å². The summed E-state index contributed by atoms with van der Waals surface area (Å²) in [6, 6.07) is 3.79. The Labute approximate surface area is 116 Å². The molecule has 106 valence electrons. The van der Waals surface area contributed by atoms with Crippen molar-refractivity contribution in [2.24, 2.45) is 5.92 Å². The first-order valence-corrected chi connectivity index (χ1v) is 7.49. The normalized spacial score (nSPS) is 24.5. The minimum Gasteiger partial charge on any atom is -0.307 e. The van der Waals surface area contributed by atoms with Gasteiger partial charge in [-0.1, -0.05) is 32.8 Å². The number of benzene rings is 1. The number of hydrogen-bond acceptors (Lipinski definition) is 1. The molecule has 1 heterocycles. The summed E-state index contributed by atoms with van der Waals surface area (Å²) in [5.74, 6) is 0.349. The predicted octanol–water partition coefficient (Wildman–Crippen LogP) is 4.46. The van der Waals surface area contributed by atoms with E-state index in [0.717, 1.165) is 29.7 Å². The van der Waals surface area contributed by atoms with Crippen molar-refractivity contribution in [3.63, 3.8) is 0 Å². The third-order valence-electron chi connectivity index (χ3n) is 4.55. The molecular formula is C17H26FN. The third kappa shape index (κ3) is 2.69. The average Bonchev–Trinajstić information content (AvgIpc) is 2.54. The molecule has 0 spiro atoms. The summed E-state index contributed by atoms with van der Waals surface area (Å²) >= 11 is 0. The van der Waals surface area contributed by atoms with Gasteiger partial charge in [0.25, 0.3) is 0 Å². The molecule has 2 heteroatoms. The number of halogens is 1. The van der Waals surface area contributed by atoms with Crippen LogP contribution in [0.3, 0.4) is 0 Å². The van der Waals surface area contributed by atoms with E-state index in [1.807, 2.05) is 13.8 Å². The van der Waals surface area contributed by atoms with Gasteiger partial charge in [0.15, 0.2) is 0 Å². The maximum absolute atomic E-state index is 14.6. The second-order valence-electron chi connectivity index (χ2n) is 6.30. The van der Waals surface area contributed by atoms with Crippen LogP contribution in [0.2, 0.25) is 0 Å². The van der Waals surface area contributed by atoms with Crippen LogP contribution in [0.5, 0.6) is 0 Å². The fraction of sp³-hybridized carbons (Fsp3) is 0.647. The van der Waals surface area contributed by atoms with E-state index in [1.165, 1.54) is 19.3 Å². The van der Waals surface area contributed by atoms with Crippen molar-refractivity contribution in [1.82, 2.24) is 5.32 Å². The van der Waals surface area contributed by atoms with Gasteiger partial charge < -0.3 is 5.32 Å². The van der Waals surface area contributed by atoms with E-state index < -0.39 is 0 Å².